The van der Waals surface area contributed by atoms with Gasteiger partial charge in [-0.2, -0.15) is 0 Å². The molecule has 2 aliphatic heterocycles. The number of rotatable bonds is 2. The van der Waals surface area contributed by atoms with Gasteiger partial charge in [0.1, 0.15) is 5.69 Å². The van der Waals surface area contributed by atoms with Crippen molar-refractivity contribution in [3.63, 3.8) is 0 Å². The minimum Gasteiger partial charge on any atom is -0.357 e. The summed E-state index contributed by atoms with van der Waals surface area (Å²) in [6.45, 7) is 1.33. The molecule has 0 aromatic carbocycles. The van der Waals surface area contributed by atoms with Crippen LogP contribution in [0.4, 0.5) is 0 Å². The van der Waals surface area contributed by atoms with Crippen LogP contribution in [0.25, 0.3) is 0 Å². The molecule has 0 radical (unpaired) electrons. The Morgan fingerprint density at radius 2 is 1.96 bits per heavy atom. The summed E-state index contributed by atoms with van der Waals surface area (Å²) in [5, 5.41) is 0. The Morgan fingerprint density at radius 1 is 1.24 bits per heavy atom. The lowest BCUT2D eigenvalue weighted by molar-refractivity contribution is -0.130. The molecule has 6 nitrogen and oxygen atoms in total. The number of amides is 2. The molecule has 2 saturated heterocycles. The zero-order chi connectivity index (χ0) is 17.4. The third-order valence-electron chi connectivity index (χ3n) is 5.92. The van der Waals surface area contributed by atoms with E-state index in [1.807, 2.05) is 35.0 Å². The standard InChI is InChI=1S/C19H22N4O2/c1-22-17(24)13-15(14-4-9-20-10-5-14)19(22)6-11-23(12-7-19)18(25)16-3-2-8-21-16/h2-5,8-10,15,21H,6-7,11-13H2,1H3. The Labute approximate surface area is 146 Å². The highest BCUT2D eigenvalue weighted by Gasteiger charge is 2.52. The van der Waals surface area contributed by atoms with Crippen molar-refractivity contribution in [1.29, 1.82) is 0 Å². The van der Waals surface area contributed by atoms with Crippen molar-refractivity contribution in [2.45, 2.75) is 30.7 Å². The summed E-state index contributed by atoms with van der Waals surface area (Å²) in [6.07, 6.45) is 7.47. The Bertz CT molecular complexity index is 764. The van der Waals surface area contributed by atoms with Crippen LogP contribution in [0.15, 0.2) is 42.9 Å². The maximum Gasteiger partial charge on any atom is 0.270 e. The van der Waals surface area contributed by atoms with Crippen LogP contribution in [-0.2, 0) is 4.79 Å². The first-order valence-corrected chi connectivity index (χ1v) is 8.71. The van der Waals surface area contributed by atoms with Crippen LogP contribution >= 0.6 is 0 Å². The van der Waals surface area contributed by atoms with Gasteiger partial charge in [0.15, 0.2) is 0 Å². The molecule has 0 aliphatic carbocycles. The van der Waals surface area contributed by atoms with Gasteiger partial charge < -0.3 is 14.8 Å². The first-order valence-electron chi connectivity index (χ1n) is 8.71. The Kier molecular flexibility index (Phi) is 3.82. The number of piperidine rings is 1. The summed E-state index contributed by atoms with van der Waals surface area (Å²) in [5.74, 6) is 0.383. The fourth-order valence-electron chi connectivity index (χ4n) is 4.42. The molecule has 130 valence electrons. The van der Waals surface area contributed by atoms with E-state index in [1.54, 1.807) is 24.7 Å². The van der Waals surface area contributed by atoms with Crippen molar-refractivity contribution in [2.75, 3.05) is 20.1 Å². The van der Waals surface area contributed by atoms with Crippen molar-refractivity contribution >= 4 is 11.8 Å². The number of H-pyrrole nitrogens is 1. The van der Waals surface area contributed by atoms with E-state index < -0.39 is 0 Å². The SMILES string of the molecule is CN1C(=O)CC(c2ccncc2)C12CCN(C(=O)c1ccc[nH]1)CC2. The van der Waals surface area contributed by atoms with E-state index in [9.17, 15) is 9.59 Å². The monoisotopic (exact) mass is 338 g/mol. The van der Waals surface area contributed by atoms with E-state index >= 15 is 0 Å². The van der Waals surface area contributed by atoms with Gasteiger partial charge in [-0.25, -0.2) is 0 Å². The molecule has 2 aromatic rings. The van der Waals surface area contributed by atoms with E-state index in [2.05, 4.69) is 9.97 Å². The summed E-state index contributed by atoms with van der Waals surface area (Å²) >= 11 is 0. The summed E-state index contributed by atoms with van der Waals surface area (Å²) in [5.41, 5.74) is 1.58. The van der Waals surface area contributed by atoms with Gasteiger partial charge >= 0.3 is 0 Å². The number of nitrogens with one attached hydrogen (secondary N) is 1. The number of likely N-dealkylation sites (tertiary alicyclic amines) is 2. The van der Waals surface area contributed by atoms with Crippen LogP contribution in [0.5, 0.6) is 0 Å². The fraction of sp³-hybridized carbons (Fsp3) is 0.421. The number of nitrogens with zero attached hydrogens (tertiary/aromatic N) is 3. The number of aromatic nitrogens is 2. The summed E-state index contributed by atoms with van der Waals surface area (Å²) in [6, 6.07) is 7.66. The van der Waals surface area contributed by atoms with Gasteiger partial charge in [0.25, 0.3) is 5.91 Å². The Morgan fingerprint density at radius 3 is 2.60 bits per heavy atom. The molecule has 4 rings (SSSR count). The topological polar surface area (TPSA) is 69.3 Å². The van der Waals surface area contributed by atoms with Gasteiger partial charge in [-0.1, -0.05) is 0 Å². The zero-order valence-electron chi connectivity index (χ0n) is 14.3. The van der Waals surface area contributed by atoms with Crippen molar-refractivity contribution in [2.24, 2.45) is 0 Å². The highest BCUT2D eigenvalue weighted by atomic mass is 16.2. The van der Waals surface area contributed by atoms with Gasteiger partial charge in [-0.3, -0.25) is 14.6 Å². The van der Waals surface area contributed by atoms with E-state index in [4.69, 9.17) is 0 Å². The molecule has 1 atom stereocenters. The van der Waals surface area contributed by atoms with E-state index in [0.717, 1.165) is 18.4 Å². The number of carbonyl (C=O) groups excluding carboxylic acids is 2. The molecular weight excluding hydrogens is 316 g/mol. The Balaban J connectivity index is 1.57. The molecule has 2 aliphatic rings. The molecule has 2 fully saturated rings. The molecule has 2 amide bonds. The molecular formula is C19H22N4O2. The first kappa shape index (κ1) is 15.9. The predicted octanol–water partition coefficient (Wildman–Crippen LogP) is 2.03. The molecule has 0 bridgehead atoms. The molecule has 1 unspecified atom stereocenters. The van der Waals surface area contributed by atoms with Crippen LogP contribution in [0.2, 0.25) is 0 Å². The van der Waals surface area contributed by atoms with Gasteiger partial charge in [0, 0.05) is 51.1 Å². The number of likely N-dealkylation sites (N-methyl/N-ethyl adjacent to an activating group) is 1. The lowest BCUT2D eigenvalue weighted by Crippen LogP contribution is -2.55. The minimum absolute atomic E-state index is 0.0345. The average Bonchev–Trinajstić information content (AvgIpc) is 3.27. The summed E-state index contributed by atoms with van der Waals surface area (Å²) in [4.78, 5) is 35.9. The summed E-state index contributed by atoms with van der Waals surface area (Å²) in [7, 11) is 1.91. The van der Waals surface area contributed by atoms with Crippen molar-refractivity contribution in [3.8, 4) is 0 Å². The molecule has 25 heavy (non-hydrogen) atoms. The first-order chi connectivity index (χ1) is 12.1. The number of pyridine rings is 1. The molecule has 4 heterocycles. The second kappa shape index (κ2) is 6.02. The third-order valence-corrected chi connectivity index (χ3v) is 5.92. The molecule has 1 spiro atoms. The quantitative estimate of drug-likeness (QED) is 0.911. The summed E-state index contributed by atoms with van der Waals surface area (Å²) < 4.78 is 0. The normalized spacial score (nSPS) is 22.6. The lowest BCUT2D eigenvalue weighted by atomic mass is 9.74. The predicted molar refractivity (Wildman–Crippen MR) is 93.0 cm³/mol. The minimum atomic E-state index is -0.203. The maximum atomic E-state index is 12.6. The largest absolute Gasteiger partial charge is 0.357 e. The van der Waals surface area contributed by atoms with Gasteiger partial charge in [0.2, 0.25) is 5.91 Å². The van der Waals surface area contributed by atoms with Gasteiger partial charge in [0.05, 0.1) is 5.54 Å². The van der Waals surface area contributed by atoms with E-state index in [0.29, 0.717) is 25.2 Å². The van der Waals surface area contributed by atoms with Crippen LogP contribution in [0.3, 0.4) is 0 Å². The van der Waals surface area contributed by atoms with Crippen molar-refractivity contribution in [3.05, 3.63) is 54.1 Å². The molecule has 6 heteroatoms. The van der Waals surface area contributed by atoms with Crippen molar-refractivity contribution < 1.29 is 9.59 Å². The molecule has 2 aromatic heterocycles. The maximum absolute atomic E-state index is 12.6. The zero-order valence-corrected chi connectivity index (χ0v) is 14.3. The Hall–Kier alpha value is -2.63. The van der Waals surface area contributed by atoms with Crippen molar-refractivity contribution in [1.82, 2.24) is 19.8 Å². The van der Waals surface area contributed by atoms with Crippen LogP contribution in [0.1, 0.15) is 41.2 Å². The number of hydrogen-bond donors (Lipinski definition) is 1. The number of carbonyl (C=O) groups is 2. The van der Waals surface area contributed by atoms with Crippen LogP contribution in [0, 0.1) is 0 Å². The van der Waals surface area contributed by atoms with Gasteiger partial charge in [-0.05, 0) is 42.7 Å². The highest BCUT2D eigenvalue weighted by Crippen LogP contribution is 2.48. The lowest BCUT2D eigenvalue weighted by Gasteiger charge is -2.46. The highest BCUT2D eigenvalue weighted by molar-refractivity contribution is 5.92. The average molecular weight is 338 g/mol. The third kappa shape index (κ3) is 2.52. The van der Waals surface area contributed by atoms with E-state index in [-0.39, 0.29) is 23.3 Å². The van der Waals surface area contributed by atoms with Crippen LogP contribution < -0.4 is 0 Å². The fourth-order valence-corrected chi connectivity index (χ4v) is 4.42. The molecule has 0 saturated carbocycles. The van der Waals surface area contributed by atoms with Gasteiger partial charge in [-0.15, -0.1) is 0 Å². The molecule has 1 N–H and O–H groups in total. The second-order valence-corrected chi connectivity index (χ2v) is 6.97. The smallest absolute Gasteiger partial charge is 0.270 e. The number of hydrogen-bond acceptors (Lipinski definition) is 3. The van der Waals surface area contributed by atoms with Crippen LogP contribution in [-0.4, -0.2) is 57.3 Å². The second-order valence-electron chi connectivity index (χ2n) is 6.97. The number of aromatic amines is 1. The van der Waals surface area contributed by atoms with E-state index in [1.165, 1.54) is 0 Å².